The second-order valence-corrected chi connectivity index (χ2v) is 9.71. The van der Waals surface area contributed by atoms with Crippen LogP contribution in [0.15, 0.2) is 46.9 Å². The molecule has 1 aromatic carbocycles. The van der Waals surface area contributed by atoms with Gasteiger partial charge in [0.05, 0.1) is 18.4 Å². The zero-order valence-corrected chi connectivity index (χ0v) is 22.4. The highest BCUT2D eigenvalue weighted by Gasteiger charge is 2.26. The third-order valence-corrected chi connectivity index (χ3v) is 7.01. The van der Waals surface area contributed by atoms with E-state index in [9.17, 15) is 9.18 Å². The molecule has 2 aromatic rings. The van der Waals surface area contributed by atoms with Crippen LogP contribution in [0.4, 0.5) is 10.1 Å². The van der Waals surface area contributed by atoms with Gasteiger partial charge in [0.2, 0.25) is 5.91 Å². The average Bonchev–Trinajstić information content (AvgIpc) is 3.35. The Labute approximate surface area is 223 Å². The minimum absolute atomic E-state index is 0.0709. The first-order chi connectivity index (χ1) is 18.3. The van der Waals surface area contributed by atoms with E-state index >= 15 is 0 Å². The highest BCUT2D eigenvalue weighted by atomic mass is 19.1. The molecule has 204 valence electrons. The van der Waals surface area contributed by atoms with Crippen molar-refractivity contribution in [2.45, 2.75) is 51.9 Å². The topological polar surface area (TPSA) is 124 Å². The molecule has 2 aliphatic rings. The van der Waals surface area contributed by atoms with Crippen molar-refractivity contribution in [3.63, 3.8) is 0 Å². The summed E-state index contributed by atoms with van der Waals surface area (Å²) >= 11 is 0. The van der Waals surface area contributed by atoms with Gasteiger partial charge in [-0.3, -0.25) is 15.2 Å². The van der Waals surface area contributed by atoms with Gasteiger partial charge in [-0.2, -0.15) is 5.10 Å². The molecule has 0 bridgehead atoms. The normalized spacial score (nSPS) is 18.3. The van der Waals surface area contributed by atoms with Crippen molar-refractivity contribution in [2.75, 3.05) is 26.3 Å². The fraction of sp³-hybridized carbons (Fsp3) is 0.464. The van der Waals surface area contributed by atoms with Crippen LogP contribution in [0.1, 0.15) is 57.0 Å². The maximum atomic E-state index is 14.7. The van der Waals surface area contributed by atoms with E-state index in [4.69, 9.17) is 21.2 Å². The number of alkyl halides is 1. The molecule has 1 saturated heterocycles. The van der Waals surface area contributed by atoms with Gasteiger partial charge in [-0.1, -0.05) is 19.1 Å². The number of aromatic nitrogens is 2. The first-order valence-electron chi connectivity index (χ1n) is 13.2. The van der Waals surface area contributed by atoms with Gasteiger partial charge < -0.3 is 20.7 Å². The number of hydrogen-bond acceptors (Lipinski definition) is 6. The van der Waals surface area contributed by atoms with Crippen LogP contribution in [0.3, 0.4) is 0 Å². The summed E-state index contributed by atoms with van der Waals surface area (Å²) in [6.07, 6.45) is 8.49. The SMILES string of the molecule is C/C=C/c1cc(-c2cnn(C)c2)c(C(N)F)cc1N=C(N)C1=C(NC2CCOCC2)CCN(C(=O)CC)C1. The highest BCUT2D eigenvalue weighted by Crippen LogP contribution is 2.35. The Morgan fingerprint density at radius 3 is 2.76 bits per heavy atom. The summed E-state index contributed by atoms with van der Waals surface area (Å²) in [5.41, 5.74) is 17.2. The second-order valence-electron chi connectivity index (χ2n) is 9.71. The van der Waals surface area contributed by atoms with Crippen LogP contribution < -0.4 is 16.8 Å². The van der Waals surface area contributed by atoms with Crippen LogP contribution in [-0.2, 0) is 16.6 Å². The van der Waals surface area contributed by atoms with Crippen molar-refractivity contribution in [1.29, 1.82) is 0 Å². The molecule has 0 saturated carbocycles. The number of benzene rings is 1. The summed E-state index contributed by atoms with van der Waals surface area (Å²) in [6, 6.07) is 3.80. The smallest absolute Gasteiger partial charge is 0.222 e. The summed E-state index contributed by atoms with van der Waals surface area (Å²) in [7, 11) is 1.81. The Kier molecular flexibility index (Phi) is 8.96. The lowest BCUT2D eigenvalue weighted by atomic mass is 9.96. The molecule has 5 N–H and O–H groups in total. The van der Waals surface area contributed by atoms with Crippen LogP contribution in [0.2, 0.25) is 0 Å². The molecule has 9 nitrogen and oxygen atoms in total. The third-order valence-electron chi connectivity index (χ3n) is 7.01. The number of amides is 1. The molecule has 10 heteroatoms. The van der Waals surface area contributed by atoms with E-state index in [1.165, 1.54) is 0 Å². The zero-order chi connectivity index (χ0) is 27.2. The molecule has 38 heavy (non-hydrogen) atoms. The van der Waals surface area contributed by atoms with E-state index in [1.54, 1.807) is 24.0 Å². The second kappa shape index (κ2) is 12.4. The molecule has 4 rings (SSSR count). The number of hydrogen-bond donors (Lipinski definition) is 3. The quantitative estimate of drug-likeness (QED) is 0.275. The van der Waals surface area contributed by atoms with Crippen LogP contribution in [0.5, 0.6) is 0 Å². The molecule has 3 heterocycles. The van der Waals surface area contributed by atoms with E-state index in [2.05, 4.69) is 10.4 Å². The lowest BCUT2D eigenvalue weighted by Gasteiger charge is -2.34. The Morgan fingerprint density at radius 2 is 2.13 bits per heavy atom. The summed E-state index contributed by atoms with van der Waals surface area (Å²) in [5.74, 6) is 0.368. The number of ether oxygens (including phenoxy) is 1. The van der Waals surface area contributed by atoms with Gasteiger partial charge in [0.25, 0.3) is 0 Å². The molecule has 1 atom stereocenters. The predicted octanol–water partition coefficient (Wildman–Crippen LogP) is 3.70. The molecular weight excluding hydrogens is 485 g/mol. The monoisotopic (exact) mass is 523 g/mol. The third kappa shape index (κ3) is 6.31. The number of nitrogens with zero attached hydrogens (tertiary/aromatic N) is 4. The first-order valence-corrected chi connectivity index (χ1v) is 13.2. The van der Waals surface area contributed by atoms with Crippen molar-refractivity contribution in [3.8, 4) is 11.1 Å². The number of halogens is 1. The lowest BCUT2D eigenvalue weighted by Crippen LogP contribution is -2.44. The Morgan fingerprint density at radius 1 is 1.37 bits per heavy atom. The Hall–Kier alpha value is -3.50. The van der Waals surface area contributed by atoms with Crippen molar-refractivity contribution in [2.24, 2.45) is 23.5 Å². The van der Waals surface area contributed by atoms with Gasteiger partial charge in [-0.15, -0.1) is 0 Å². The van der Waals surface area contributed by atoms with Crippen LogP contribution in [-0.4, -0.2) is 58.8 Å². The van der Waals surface area contributed by atoms with Gasteiger partial charge in [0.1, 0.15) is 5.84 Å². The minimum atomic E-state index is -1.71. The number of rotatable bonds is 8. The number of aryl methyl sites for hydroxylation is 1. The highest BCUT2D eigenvalue weighted by molar-refractivity contribution is 6.01. The number of allylic oxidation sites excluding steroid dienone is 1. The molecule has 0 radical (unpaired) electrons. The van der Waals surface area contributed by atoms with E-state index in [1.807, 2.05) is 43.2 Å². The maximum absolute atomic E-state index is 14.7. The summed E-state index contributed by atoms with van der Waals surface area (Å²) in [6.45, 7) is 6.19. The van der Waals surface area contributed by atoms with Crippen molar-refractivity contribution in [1.82, 2.24) is 20.0 Å². The van der Waals surface area contributed by atoms with Crippen LogP contribution in [0, 0.1) is 0 Å². The van der Waals surface area contributed by atoms with Crippen LogP contribution in [0.25, 0.3) is 17.2 Å². The number of nitrogens with one attached hydrogen (secondary N) is 1. The number of aliphatic imine (C=N–C) groups is 1. The molecule has 1 fully saturated rings. The molecule has 1 amide bonds. The molecule has 1 aromatic heterocycles. The predicted molar refractivity (Wildman–Crippen MR) is 148 cm³/mol. The Balaban J connectivity index is 1.78. The molecule has 2 aliphatic heterocycles. The number of carbonyl (C=O) groups is 1. The number of carbonyl (C=O) groups excluding carboxylic acids is 1. The standard InChI is InChI=1S/C28H38FN7O2/c1-4-6-18-13-21(19-15-32-35(3)16-19)22(27(29)30)14-25(18)34-28(31)23-17-36(26(37)5-2)10-7-24(23)33-20-8-11-38-12-9-20/h4,6,13-16,20,27,33H,5,7-12,17,30H2,1-3H3,(H2,31,34)/b6-4+. The van der Waals surface area contributed by atoms with Crippen molar-refractivity contribution in [3.05, 3.63) is 53.0 Å². The van der Waals surface area contributed by atoms with E-state index in [-0.39, 0.29) is 11.9 Å². The van der Waals surface area contributed by atoms with Crippen molar-refractivity contribution >= 4 is 23.5 Å². The van der Waals surface area contributed by atoms with E-state index in [0.29, 0.717) is 61.8 Å². The van der Waals surface area contributed by atoms with Crippen molar-refractivity contribution < 1.29 is 13.9 Å². The summed E-state index contributed by atoms with van der Waals surface area (Å²) < 4.78 is 21.8. The molecule has 0 aliphatic carbocycles. The molecule has 1 unspecified atom stereocenters. The molecule has 0 spiro atoms. The van der Waals surface area contributed by atoms with Gasteiger partial charge in [-0.25, -0.2) is 9.38 Å². The Bertz CT molecular complexity index is 1240. The largest absolute Gasteiger partial charge is 0.385 e. The van der Waals surface area contributed by atoms with E-state index in [0.717, 1.165) is 35.2 Å². The zero-order valence-electron chi connectivity index (χ0n) is 22.4. The fourth-order valence-corrected chi connectivity index (χ4v) is 4.95. The minimum Gasteiger partial charge on any atom is -0.385 e. The maximum Gasteiger partial charge on any atom is 0.222 e. The summed E-state index contributed by atoms with van der Waals surface area (Å²) in [5, 5.41) is 7.87. The number of amidine groups is 1. The first kappa shape index (κ1) is 27.5. The summed E-state index contributed by atoms with van der Waals surface area (Å²) in [4.78, 5) is 19.1. The van der Waals surface area contributed by atoms with Gasteiger partial charge >= 0.3 is 0 Å². The van der Waals surface area contributed by atoms with Crippen LogP contribution >= 0.6 is 0 Å². The van der Waals surface area contributed by atoms with Gasteiger partial charge in [0.15, 0.2) is 6.30 Å². The van der Waals surface area contributed by atoms with Gasteiger partial charge in [-0.05, 0) is 37.5 Å². The average molecular weight is 524 g/mol. The number of nitrogens with two attached hydrogens (primary N) is 2. The van der Waals surface area contributed by atoms with Gasteiger partial charge in [0, 0.05) is 79.8 Å². The fourth-order valence-electron chi connectivity index (χ4n) is 4.95. The van der Waals surface area contributed by atoms with E-state index < -0.39 is 6.30 Å². The molecular formula is C28H38FN7O2. The lowest BCUT2D eigenvalue weighted by molar-refractivity contribution is -0.130.